The largest absolute Gasteiger partial charge is 0.342 e. The van der Waals surface area contributed by atoms with E-state index >= 15 is 0 Å². The van der Waals surface area contributed by atoms with Gasteiger partial charge in [0.05, 0.1) is 0 Å². The summed E-state index contributed by atoms with van der Waals surface area (Å²) in [6.07, 6.45) is 2.44. The summed E-state index contributed by atoms with van der Waals surface area (Å²) in [5.41, 5.74) is 6.73. The van der Waals surface area contributed by atoms with E-state index in [9.17, 15) is 13.6 Å². The number of nitrogens with two attached hydrogens (primary N) is 1. The van der Waals surface area contributed by atoms with E-state index in [-0.39, 0.29) is 17.4 Å². The molecule has 0 saturated carbocycles. The lowest BCUT2D eigenvalue weighted by Crippen LogP contribution is -2.53. The van der Waals surface area contributed by atoms with Crippen molar-refractivity contribution in [1.82, 2.24) is 4.90 Å². The van der Waals surface area contributed by atoms with Gasteiger partial charge in [0.2, 0.25) is 5.91 Å². The van der Waals surface area contributed by atoms with E-state index in [0.717, 1.165) is 12.5 Å². The van der Waals surface area contributed by atoms with Crippen LogP contribution in [0.15, 0.2) is 18.2 Å². The molecule has 1 aliphatic heterocycles. The molecule has 1 amide bonds. The van der Waals surface area contributed by atoms with Gasteiger partial charge < -0.3 is 10.6 Å². The van der Waals surface area contributed by atoms with Crippen LogP contribution in [-0.2, 0) is 11.2 Å². The third-order valence-electron chi connectivity index (χ3n) is 4.50. The molecule has 1 aliphatic rings. The van der Waals surface area contributed by atoms with Crippen molar-refractivity contribution in [2.45, 2.75) is 45.6 Å². The number of rotatable bonds is 4. The lowest BCUT2D eigenvalue weighted by Gasteiger charge is -2.42. The van der Waals surface area contributed by atoms with Gasteiger partial charge in [0.25, 0.3) is 0 Å². The predicted octanol–water partition coefficient (Wildman–Crippen LogP) is 2.87. The van der Waals surface area contributed by atoms with E-state index in [2.05, 4.69) is 13.8 Å². The lowest BCUT2D eigenvalue weighted by atomic mass is 9.79. The topological polar surface area (TPSA) is 46.3 Å². The second kappa shape index (κ2) is 6.73. The Morgan fingerprint density at radius 2 is 2.09 bits per heavy atom. The standard InChI is InChI=1S/C17H24F2N2O/c1-17(2)11-21(9-8-15(17)20)16(22)5-3-4-12-6-7-13(18)14(19)10-12/h6-7,10,15H,3-5,8-9,11,20H2,1-2H3. The van der Waals surface area contributed by atoms with Gasteiger partial charge in [0, 0.05) is 25.6 Å². The van der Waals surface area contributed by atoms with E-state index in [4.69, 9.17) is 5.73 Å². The predicted molar refractivity (Wildman–Crippen MR) is 82.2 cm³/mol. The fraction of sp³-hybridized carbons (Fsp3) is 0.588. The Morgan fingerprint density at radius 1 is 1.36 bits per heavy atom. The molecule has 3 nitrogen and oxygen atoms in total. The molecule has 1 fully saturated rings. The highest BCUT2D eigenvalue weighted by atomic mass is 19.2. The molecule has 122 valence electrons. The molecular weight excluding hydrogens is 286 g/mol. The molecule has 0 spiro atoms. The van der Waals surface area contributed by atoms with Crippen LogP contribution in [0.3, 0.4) is 0 Å². The van der Waals surface area contributed by atoms with Crippen LogP contribution < -0.4 is 5.73 Å². The summed E-state index contributed by atoms with van der Waals surface area (Å²) < 4.78 is 26.0. The van der Waals surface area contributed by atoms with Crippen molar-refractivity contribution in [3.8, 4) is 0 Å². The Morgan fingerprint density at radius 3 is 2.73 bits per heavy atom. The number of nitrogens with zero attached hydrogens (tertiary/aromatic N) is 1. The van der Waals surface area contributed by atoms with Crippen LogP contribution in [0.5, 0.6) is 0 Å². The average molecular weight is 310 g/mol. The van der Waals surface area contributed by atoms with Gasteiger partial charge in [-0.1, -0.05) is 19.9 Å². The summed E-state index contributed by atoms with van der Waals surface area (Å²) in [6.45, 7) is 5.55. The van der Waals surface area contributed by atoms with Crippen LogP contribution in [0.1, 0.15) is 38.7 Å². The van der Waals surface area contributed by atoms with Crippen LogP contribution in [0.4, 0.5) is 8.78 Å². The second-order valence-corrected chi connectivity index (χ2v) is 6.80. The van der Waals surface area contributed by atoms with Crippen LogP contribution in [-0.4, -0.2) is 29.9 Å². The van der Waals surface area contributed by atoms with Crippen molar-refractivity contribution in [2.24, 2.45) is 11.1 Å². The molecule has 0 aliphatic carbocycles. The second-order valence-electron chi connectivity index (χ2n) is 6.80. The van der Waals surface area contributed by atoms with Gasteiger partial charge in [-0.15, -0.1) is 0 Å². The molecule has 5 heteroatoms. The molecular formula is C17H24F2N2O. The van der Waals surface area contributed by atoms with Crippen molar-refractivity contribution in [3.63, 3.8) is 0 Å². The quantitative estimate of drug-likeness (QED) is 0.929. The first-order valence-corrected chi connectivity index (χ1v) is 7.77. The highest BCUT2D eigenvalue weighted by molar-refractivity contribution is 5.76. The minimum atomic E-state index is -0.841. The van der Waals surface area contributed by atoms with Gasteiger partial charge >= 0.3 is 0 Å². The van der Waals surface area contributed by atoms with Crippen molar-refractivity contribution < 1.29 is 13.6 Å². The first kappa shape index (κ1) is 16.9. The fourth-order valence-electron chi connectivity index (χ4n) is 2.88. The van der Waals surface area contributed by atoms with Crippen LogP contribution >= 0.6 is 0 Å². The van der Waals surface area contributed by atoms with Gasteiger partial charge in [-0.3, -0.25) is 4.79 Å². The molecule has 0 aromatic heterocycles. The molecule has 0 bridgehead atoms. The highest BCUT2D eigenvalue weighted by Crippen LogP contribution is 2.28. The summed E-state index contributed by atoms with van der Waals surface area (Å²) in [7, 11) is 0. The molecule has 2 rings (SSSR count). The number of hydrogen-bond acceptors (Lipinski definition) is 2. The summed E-state index contributed by atoms with van der Waals surface area (Å²) in [5.74, 6) is -1.56. The molecule has 1 aromatic carbocycles. The van der Waals surface area contributed by atoms with E-state index in [1.807, 2.05) is 4.90 Å². The number of amides is 1. The third-order valence-corrected chi connectivity index (χ3v) is 4.50. The number of aryl methyl sites for hydroxylation is 1. The van der Waals surface area contributed by atoms with Crippen LogP contribution in [0.25, 0.3) is 0 Å². The Labute approximate surface area is 130 Å². The van der Waals surface area contributed by atoms with Gasteiger partial charge in [-0.25, -0.2) is 8.78 Å². The van der Waals surface area contributed by atoms with Gasteiger partial charge in [0.15, 0.2) is 11.6 Å². The maximum atomic E-state index is 13.1. The lowest BCUT2D eigenvalue weighted by molar-refractivity contribution is -0.134. The third kappa shape index (κ3) is 4.03. The number of halogens is 2. The molecule has 1 aromatic rings. The van der Waals surface area contributed by atoms with Gasteiger partial charge in [-0.05, 0) is 42.4 Å². The maximum Gasteiger partial charge on any atom is 0.222 e. The zero-order valence-corrected chi connectivity index (χ0v) is 13.2. The summed E-state index contributed by atoms with van der Waals surface area (Å²) in [6, 6.07) is 4.01. The normalized spacial score (nSPS) is 21.0. The van der Waals surface area contributed by atoms with E-state index in [1.165, 1.54) is 6.07 Å². The Kier molecular flexibility index (Phi) is 5.16. The molecule has 1 heterocycles. The monoisotopic (exact) mass is 310 g/mol. The average Bonchev–Trinajstić information content (AvgIpc) is 2.45. The van der Waals surface area contributed by atoms with Crippen molar-refractivity contribution in [2.75, 3.05) is 13.1 Å². The first-order chi connectivity index (χ1) is 10.3. The number of carbonyl (C=O) groups excluding carboxylic acids is 1. The summed E-state index contributed by atoms with van der Waals surface area (Å²) >= 11 is 0. The zero-order chi connectivity index (χ0) is 16.3. The van der Waals surface area contributed by atoms with Crippen LogP contribution in [0, 0.1) is 17.0 Å². The first-order valence-electron chi connectivity index (χ1n) is 7.77. The molecule has 22 heavy (non-hydrogen) atoms. The van der Waals surface area contributed by atoms with E-state index in [1.54, 1.807) is 6.07 Å². The SMILES string of the molecule is CC1(C)CN(C(=O)CCCc2ccc(F)c(F)c2)CCC1N. The number of likely N-dealkylation sites (tertiary alicyclic amines) is 1. The maximum absolute atomic E-state index is 13.1. The van der Waals surface area contributed by atoms with E-state index in [0.29, 0.717) is 37.9 Å². The minimum Gasteiger partial charge on any atom is -0.342 e. The number of benzene rings is 1. The molecule has 1 unspecified atom stereocenters. The van der Waals surface area contributed by atoms with Gasteiger partial charge in [-0.2, -0.15) is 0 Å². The fourth-order valence-corrected chi connectivity index (χ4v) is 2.88. The minimum absolute atomic E-state index is 0.0615. The Bertz CT molecular complexity index is 545. The number of hydrogen-bond donors (Lipinski definition) is 1. The van der Waals surface area contributed by atoms with E-state index < -0.39 is 11.6 Å². The van der Waals surface area contributed by atoms with Crippen molar-refractivity contribution in [1.29, 1.82) is 0 Å². The number of piperidine rings is 1. The highest BCUT2D eigenvalue weighted by Gasteiger charge is 2.34. The van der Waals surface area contributed by atoms with Gasteiger partial charge in [0.1, 0.15) is 0 Å². The molecule has 1 atom stereocenters. The summed E-state index contributed by atoms with van der Waals surface area (Å²) in [4.78, 5) is 14.1. The van der Waals surface area contributed by atoms with Crippen LogP contribution in [0.2, 0.25) is 0 Å². The Balaban J connectivity index is 1.81. The zero-order valence-electron chi connectivity index (χ0n) is 13.2. The molecule has 0 radical (unpaired) electrons. The van der Waals surface area contributed by atoms with Crippen molar-refractivity contribution in [3.05, 3.63) is 35.4 Å². The molecule has 1 saturated heterocycles. The smallest absolute Gasteiger partial charge is 0.222 e. The summed E-state index contributed by atoms with van der Waals surface area (Å²) in [5, 5.41) is 0. The molecule has 2 N–H and O–H groups in total. The van der Waals surface area contributed by atoms with Crippen molar-refractivity contribution >= 4 is 5.91 Å². The number of carbonyl (C=O) groups is 1. The Hall–Kier alpha value is -1.49.